The molecule has 0 N–H and O–H groups in total. The molecule has 84 valence electrons. The minimum atomic E-state index is -0.671. The molecule has 1 aromatic carbocycles. The number of esters is 1. The zero-order valence-corrected chi connectivity index (χ0v) is 8.58. The second-order valence-electron chi connectivity index (χ2n) is 3.31. The van der Waals surface area contributed by atoms with E-state index < -0.39 is 11.8 Å². The topological polar surface area (TPSA) is 52.6 Å². The van der Waals surface area contributed by atoms with Crippen molar-refractivity contribution in [3.05, 3.63) is 29.1 Å². The van der Waals surface area contributed by atoms with Gasteiger partial charge in [0, 0.05) is 6.42 Å². The predicted molar refractivity (Wildman–Crippen MR) is 52.2 cm³/mol. The number of fused-ring (bicyclic) bond motifs is 1. The summed E-state index contributed by atoms with van der Waals surface area (Å²) in [6.07, 6.45) is 0.139. The van der Waals surface area contributed by atoms with Crippen LogP contribution in [0.15, 0.2) is 12.1 Å². The van der Waals surface area contributed by atoms with E-state index in [0.717, 1.165) is 6.07 Å². The normalized spacial score (nSPS) is 14.0. The molecule has 0 atom stereocenters. The van der Waals surface area contributed by atoms with Crippen LogP contribution < -0.4 is 4.74 Å². The highest BCUT2D eigenvalue weighted by Crippen LogP contribution is 2.31. The average molecular weight is 224 g/mol. The maximum absolute atomic E-state index is 13.4. The van der Waals surface area contributed by atoms with Crippen LogP contribution in [0.1, 0.15) is 27.1 Å². The standard InChI is InChI=1S/C11H9FO4/c1-15-11(14)6-2-3-7(12)10-9(6)8(13)4-5-16-10/h2-3H,4-5H2,1H3. The Morgan fingerprint density at radius 1 is 1.50 bits per heavy atom. The first-order valence-corrected chi connectivity index (χ1v) is 4.72. The molecule has 5 heteroatoms. The molecule has 1 aliphatic heterocycles. The third-order valence-electron chi connectivity index (χ3n) is 2.37. The summed E-state index contributed by atoms with van der Waals surface area (Å²) in [6.45, 7) is 0.132. The third-order valence-corrected chi connectivity index (χ3v) is 2.37. The minimum Gasteiger partial charge on any atom is -0.489 e. The molecule has 2 rings (SSSR count). The fourth-order valence-electron chi connectivity index (χ4n) is 1.63. The molecule has 0 spiro atoms. The average Bonchev–Trinajstić information content (AvgIpc) is 2.30. The molecule has 16 heavy (non-hydrogen) atoms. The second kappa shape index (κ2) is 3.92. The number of carbonyl (C=O) groups excluding carboxylic acids is 2. The molecule has 0 saturated carbocycles. The lowest BCUT2D eigenvalue weighted by Gasteiger charge is -2.18. The summed E-state index contributed by atoms with van der Waals surface area (Å²) >= 11 is 0. The quantitative estimate of drug-likeness (QED) is 0.679. The molecule has 0 unspecified atom stereocenters. The zero-order valence-electron chi connectivity index (χ0n) is 8.58. The second-order valence-corrected chi connectivity index (χ2v) is 3.31. The van der Waals surface area contributed by atoms with Crippen molar-refractivity contribution in [3.63, 3.8) is 0 Å². The molecule has 0 bridgehead atoms. The lowest BCUT2D eigenvalue weighted by atomic mass is 9.98. The van der Waals surface area contributed by atoms with E-state index in [1.165, 1.54) is 13.2 Å². The van der Waals surface area contributed by atoms with Gasteiger partial charge in [-0.3, -0.25) is 4.79 Å². The largest absolute Gasteiger partial charge is 0.489 e. The van der Waals surface area contributed by atoms with E-state index in [4.69, 9.17) is 4.74 Å². The molecule has 1 aromatic rings. The summed E-state index contributed by atoms with van der Waals surface area (Å²) in [7, 11) is 1.20. The number of benzene rings is 1. The van der Waals surface area contributed by atoms with E-state index in [1.807, 2.05) is 0 Å². The maximum Gasteiger partial charge on any atom is 0.338 e. The van der Waals surface area contributed by atoms with Crippen molar-refractivity contribution in [2.45, 2.75) is 6.42 Å². The van der Waals surface area contributed by atoms with E-state index in [-0.39, 0.29) is 35.7 Å². The lowest BCUT2D eigenvalue weighted by Crippen LogP contribution is -2.20. The molecule has 0 aromatic heterocycles. The number of rotatable bonds is 1. The molecular weight excluding hydrogens is 215 g/mol. The van der Waals surface area contributed by atoms with Gasteiger partial charge in [-0.1, -0.05) is 0 Å². The summed E-state index contributed by atoms with van der Waals surface area (Å²) in [6, 6.07) is 2.32. The van der Waals surface area contributed by atoms with Crippen molar-refractivity contribution in [2.24, 2.45) is 0 Å². The Kier molecular flexibility index (Phi) is 2.60. The Bertz CT molecular complexity index is 467. The van der Waals surface area contributed by atoms with Crippen LogP contribution >= 0.6 is 0 Å². The highest BCUT2D eigenvalue weighted by atomic mass is 19.1. The number of carbonyl (C=O) groups is 2. The first-order valence-electron chi connectivity index (χ1n) is 4.72. The van der Waals surface area contributed by atoms with Crippen molar-refractivity contribution in [2.75, 3.05) is 13.7 Å². The van der Waals surface area contributed by atoms with Crippen molar-refractivity contribution in [1.82, 2.24) is 0 Å². The number of hydrogen-bond acceptors (Lipinski definition) is 4. The summed E-state index contributed by atoms with van der Waals surface area (Å²) < 4.78 is 22.9. The van der Waals surface area contributed by atoms with Crippen LogP contribution in [0, 0.1) is 5.82 Å². The Labute approximate surface area is 91.0 Å². The minimum absolute atomic E-state index is 0.0156. The Morgan fingerprint density at radius 3 is 2.94 bits per heavy atom. The number of ether oxygens (including phenoxy) is 2. The fraction of sp³-hybridized carbons (Fsp3) is 0.273. The van der Waals surface area contributed by atoms with Crippen LogP contribution in [0.25, 0.3) is 0 Å². The summed E-state index contributed by atoms with van der Waals surface area (Å²) in [5.74, 6) is -1.77. The molecule has 0 fully saturated rings. The van der Waals surface area contributed by atoms with Gasteiger partial charge >= 0.3 is 5.97 Å². The molecular formula is C11H9FO4. The Hall–Kier alpha value is -1.91. The van der Waals surface area contributed by atoms with Gasteiger partial charge in [0.15, 0.2) is 17.3 Å². The lowest BCUT2D eigenvalue weighted by molar-refractivity contribution is 0.0594. The third kappa shape index (κ3) is 1.54. The van der Waals surface area contributed by atoms with Gasteiger partial charge in [-0.05, 0) is 12.1 Å². The molecule has 1 aliphatic rings. The summed E-state index contributed by atoms with van der Waals surface area (Å²) in [5, 5.41) is 0. The van der Waals surface area contributed by atoms with Gasteiger partial charge in [-0.25, -0.2) is 9.18 Å². The van der Waals surface area contributed by atoms with Crippen molar-refractivity contribution in [3.8, 4) is 5.75 Å². The van der Waals surface area contributed by atoms with Crippen molar-refractivity contribution < 1.29 is 23.5 Å². The van der Waals surface area contributed by atoms with Gasteiger partial charge in [0.1, 0.15) is 0 Å². The molecule has 0 radical (unpaired) electrons. The van der Waals surface area contributed by atoms with E-state index in [0.29, 0.717) is 0 Å². The number of ketones is 1. The first kappa shape index (κ1) is 10.6. The summed E-state index contributed by atoms with van der Waals surface area (Å²) in [5.41, 5.74) is 0.0294. The van der Waals surface area contributed by atoms with Crippen LogP contribution in [0.3, 0.4) is 0 Å². The van der Waals surface area contributed by atoms with Gasteiger partial charge in [-0.2, -0.15) is 0 Å². The Balaban J connectivity index is 2.64. The fourth-order valence-corrected chi connectivity index (χ4v) is 1.63. The molecule has 4 nitrogen and oxygen atoms in total. The van der Waals surface area contributed by atoms with Crippen LogP contribution in [0.2, 0.25) is 0 Å². The maximum atomic E-state index is 13.4. The SMILES string of the molecule is COC(=O)c1ccc(F)c2c1C(=O)CCO2. The van der Waals surface area contributed by atoms with E-state index >= 15 is 0 Å². The van der Waals surface area contributed by atoms with E-state index in [2.05, 4.69) is 4.74 Å². The molecule has 0 aliphatic carbocycles. The molecule has 0 amide bonds. The zero-order chi connectivity index (χ0) is 11.7. The van der Waals surface area contributed by atoms with Crippen LogP contribution in [0.4, 0.5) is 4.39 Å². The molecule has 1 heterocycles. The monoisotopic (exact) mass is 224 g/mol. The number of halogens is 1. The van der Waals surface area contributed by atoms with Crippen molar-refractivity contribution >= 4 is 11.8 Å². The van der Waals surface area contributed by atoms with Crippen LogP contribution in [-0.4, -0.2) is 25.5 Å². The van der Waals surface area contributed by atoms with Crippen LogP contribution in [-0.2, 0) is 4.74 Å². The van der Waals surface area contributed by atoms with Crippen LogP contribution in [0.5, 0.6) is 5.75 Å². The van der Waals surface area contributed by atoms with Gasteiger partial charge in [0.2, 0.25) is 0 Å². The van der Waals surface area contributed by atoms with Gasteiger partial charge in [0.05, 0.1) is 24.8 Å². The van der Waals surface area contributed by atoms with Gasteiger partial charge in [-0.15, -0.1) is 0 Å². The number of methoxy groups -OCH3 is 1. The van der Waals surface area contributed by atoms with E-state index in [9.17, 15) is 14.0 Å². The smallest absolute Gasteiger partial charge is 0.338 e. The summed E-state index contributed by atoms with van der Waals surface area (Å²) in [4.78, 5) is 23.0. The predicted octanol–water partition coefficient (Wildman–Crippen LogP) is 1.58. The first-order chi connectivity index (χ1) is 7.65. The van der Waals surface area contributed by atoms with Gasteiger partial charge < -0.3 is 9.47 Å². The highest BCUT2D eigenvalue weighted by molar-refractivity contribution is 6.08. The van der Waals surface area contributed by atoms with E-state index in [1.54, 1.807) is 0 Å². The van der Waals surface area contributed by atoms with Crippen molar-refractivity contribution in [1.29, 1.82) is 0 Å². The number of hydrogen-bond donors (Lipinski definition) is 0. The Morgan fingerprint density at radius 2 is 2.25 bits per heavy atom. The highest BCUT2D eigenvalue weighted by Gasteiger charge is 2.28. The number of Topliss-reactive ketones (excluding diaryl/α,β-unsaturated/α-hetero) is 1. The van der Waals surface area contributed by atoms with Gasteiger partial charge in [0.25, 0.3) is 0 Å². The molecule has 0 saturated heterocycles.